The standard InChI is InChI=1S/C17H23NO5/c1-22-14-9-5-6-10-15(14)23-11-16(19)18-13-8-4-2-3-7-12(13)17(20)21/h5-6,9-10,12-13H,2-4,7-8,11H2,1H3,(H,18,19)(H,20,21)/t12-,13+/m1/s1. The van der Waals surface area contributed by atoms with Crippen LogP contribution in [0.4, 0.5) is 0 Å². The second-order valence-electron chi connectivity index (χ2n) is 5.70. The van der Waals surface area contributed by atoms with Gasteiger partial charge in [0.15, 0.2) is 18.1 Å². The van der Waals surface area contributed by atoms with E-state index in [4.69, 9.17) is 9.47 Å². The van der Waals surface area contributed by atoms with Crippen LogP contribution in [0.2, 0.25) is 0 Å². The normalized spacial score (nSPS) is 21.1. The minimum Gasteiger partial charge on any atom is -0.493 e. The Labute approximate surface area is 135 Å². The number of hydrogen-bond donors (Lipinski definition) is 2. The fraction of sp³-hybridized carbons (Fsp3) is 0.529. The third kappa shape index (κ3) is 4.87. The zero-order chi connectivity index (χ0) is 16.7. The summed E-state index contributed by atoms with van der Waals surface area (Å²) in [5.74, 6) is -0.636. The smallest absolute Gasteiger partial charge is 0.308 e. The molecule has 1 aliphatic rings. The molecule has 6 nitrogen and oxygen atoms in total. The molecular formula is C17H23NO5. The average Bonchev–Trinajstić information content (AvgIpc) is 2.78. The summed E-state index contributed by atoms with van der Waals surface area (Å²) in [4.78, 5) is 23.5. The molecule has 0 unspecified atom stereocenters. The van der Waals surface area contributed by atoms with Crippen molar-refractivity contribution in [1.82, 2.24) is 5.32 Å². The van der Waals surface area contributed by atoms with Gasteiger partial charge >= 0.3 is 5.97 Å². The molecule has 126 valence electrons. The van der Waals surface area contributed by atoms with E-state index in [-0.39, 0.29) is 18.6 Å². The number of aliphatic carboxylic acids is 1. The van der Waals surface area contributed by atoms with Gasteiger partial charge in [0, 0.05) is 6.04 Å². The van der Waals surface area contributed by atoms with Crippen molar-refractivity contribution >= 4 is 11.9 Å². The van der Waals surface area contributed by atoms with Gasteiger partial charge in [-0.1, -0.05) is 31.4 Å². The zero-order valence-corrected chi connectivity index (χ0v) is 13.3. The molecule has 0 spiro atoms. The van der Waals surface area contributed by atoms with E-state index in [1.807, 2.05) is 6.07 Å². The number of hydrogen-bond acceptors (Lipinski definition) is 4. The highest BCUT2D eigenvalue weighted by molar-refractivity contribution is 5.79. The van der Waals surface area contributed by atoms with Gasteiger partial charge in [-0.25, -0.2) is 0 Å². The maximum absolute atomic E-state index is 12.1. The van der Waals surface area contributed by atoms with Crippen LogP contribution in [0.5, 0.6) is 11.5 Å². The van der Waals surface area contributed by atoms with Gasteiger partial charge in [-0.3, -0.25) is 9.59 Å². The summed E-state index contributed by atoms with van der Waals surface area (Å²) in [5.41, 5.74) is 0. The molecular weight excluding hydrogens is 298 g/mol. The van der Waals surface area contributed by atoms with E-state index >= 15 is 0 Å². The lowest BCUT2D eigenvalue weighted by Crippen LogP contribution is -2.44. The lowest BCUT2D eigenvalue weighted by atomic mass is 9.95. The largest absolute Gasteiger partial charge is 0.493 e. The number of rotatable bonds is 6. The van der Waals surface area contributed by atoms with E-state index < -0.39 is 11.9 Å². The number of methoxy groups -OCH3 is 1. The van der Waals surface area contributed by atoms with Crippen LogP contribution < -0.4 is 14.8 Å². The van der Waals surface area contributed by atoms with Crippen LogP contribution in [0.1, 0.15) is 32.1 Å². The predicted octanol–water partition coefficient (Wildman–Crippen LogP) is 2.22. The molecule has 1 saturated carbocycles. The Balaban J connectivity index is 1.91. The Morgan fingerprint density at radius 2 is 1.87 bits per heavy atom. The molecule has 0 saturated heterocycles. The van der Waals surface area contributed by atoms with Gasteiger partial charge in [-0.2, -0.15) is 0 Å². The van der Waals surface area contributed by atoms with Gasteiger partial charge in [0.1, 0.15) is 0 Å². The third-order valence-electron chi connectivity index (χ3n) is 4.11. The molecule has 1 aromatic carbocycles. The second-order valence-corrected chi connectivity index (χ2v) is 5.70. The van der Waals surface area contributed by atoms with Crippen molar-refractivity contribution in [3.05, 3.63) is 24.3 Å². The quantitative estimate of drug-likeness (QED) is 0.785. The number of para-hydroxylation sites is 2. The fourth-order valence-electron chi connectivity index (χ4n) is 2.91. The number of benzene rings is 1. The average molecular weight is 321 g/mol. The Morgan fingerprint density at radius 1 is 1.17 bits per heavy atom. The van der Waals surface area contributed by atoms with E-state index in [1.54, 1.807) is 18.2 Å². The first-order chi connectivity index (χ1) is 11.1. The maximum Gasteiger partial charge on any atom is 0.308 e. The summed E-state index contributed by atoms with van der Waals surface area (Å²) >= 11 is 0. The molecule has 0 heterocycles. The lowest BCUT2D eigenvalue weighted by molar-refractivity contribution is -0.143. The Hall–Kier alpha value is -2.24. The number of carbonyl (C=O) groups is 2. The summed E-state index contributed by atoms with van der Waals surface area (Å²) in [6, 6.07) is 6.75. The van der Waals surface area contributed by atoms with E-state index in [0.29, 0.717) is 24.3 Å². The second kappa shape index (κ2) is 8.41. The van der Waals surface area contributed by atoms with E-state index in [1.165, 1.54) is 7.11 Å². The van der Waals surface area contributed by atoms with E-state index in [0.717, 1.165) is 19.3 Å². The third-order valence-corrected chi connectivity index (χ3v) is 4.11. The van der Waals surface area contributed by atoms with Gasteiger partial charge < -0.3 is 19.9 Å². The lowest BCUT2D eigenvalue weighted by Gasteiger charge is -2.23. The minimum absolute atomic E-state index is 0.163. The minimum atomic E-state index is -0.845. The fourth-order valence-corrected chi connectivity index (χ4v) is 2.91. The van der Waals surface area contributed by atoms with Crippen molar-refractivity contribution < 1.29 is 24.2 Å². The first-order valence-corrected chi connectivity index (χ1v) is 7.90. The van der Waals surface area contributed by atoms with Gasteiger partial charge in [0.25, 0.3) is 5.91 Å². The van der Waals surface area contributed by atoms with Crippen LogP contribution in [0.3, 0.4) is 0 Å². The molecule has 1 amide bonds. The zero-order valence-electron chi connectivity index (χ0n) is 13.3. The summed E-state index contributed by atoms with van der Waals surface area (Å²) in [7, 11) is 1.53. The monoisotopic (exact) mass is 321 g/mol. The van der Waals surface area contributed by atoms with Crippen LogP contribution in [0, 0.1) is 5.92 Å². The van der Waals surface area contributed by atoms with Gasteiger partial charge in [0.05, 0.1) is 13.0 Å². The maximum atomic E-state index is 12.1. The topological polar surface area (TPSA) is 84.9 Å². The molecule has 2 N–H and O–H groups in total. The Morgan fingerprint density at radius 3 is 2.57 bits per heavy atom. The molecule has 2 rings (SSSR count). The van der Waals surface area contributed by atoms with Crippen molar-refractivity contribution in [2.24, 2.45) is 5.92 Å². The van der Waals surface area contributed by atoms with Crippen molar-refractivity contribution in [3.8, 4) is 11.5 Å². The molecule has 1 aliphatic carbocycles. The van der Waals surface area contributed by atoms with Crippen molar-refractivity contribution in [3.63, 3.8) is 0 Å². The molecule has 2 atom stereocenters. The number of carboxylic acids is 1. The highest BCUT2D eigenvalue weighted by Gasteiger charge is 2.30. The number of ether oxygens (including phenoxy) is 2. The van der Waals surface area contributed by atoms with Crippen molar-refractivity contribution in [1.29, 1.82) is 0 Å². The molecule has 1 aromatic rings. The van der Waals surface area contributed by atoms with Gasteiger partial charge in [-0.05, 0) is 25.0 Å². The first kappa shape index (κ1) is 17.1. The van der Waals surface area contributed by atoms with Gasteiger partial charge in [-0.15, -0.1) is 0 Å². The van der Waals surface area contributed by atoms with Crippen molar-refractivity contribution in [2.75, 3.05) is 13.7 Å². The van der Waals surface area contributed by atoms with Crippen LogP contribution in [0.25, 0.3) is 0 Å². The summed E-state index contributed by atoms with van der Waals surface area (Å²) in [5, 5.41) is 12.1. The highest BCUT2D eigenvalue weighted by atomic mass is 16.5. The summed E-state index contributed by atoms with van der Waals surface area (Å²) in [6.07, 6.45) is 4.13. The number of carbonyl (C=O) groups excluding carboxylic acids is 1. The van der Waals surface area contributed by atoms with Crippen LogP contribution in [-0.4, -0.2) is 36.7 Å². The summed E-state index contributed by atoms with van der Waals surface area (Å²) in [6.45, 7) is -0.163. The summed E-state index contributed by atoms with van der Waals surface area (Å²) < 4.78 is 10.6. The van der Waals surface area contributed by atoms with Crippen LogP contribution >= 0.6 is 0 Å². The SMILES string of the molecule is COc1ccccc1OCC(=O)N[C@H]1CCCCC[C@H]1C(=O)O. The number of amides is 1. The molecule has 6 heteroatoms. The Kier molecular flexibility index (Phi) is 6.26. The highest BCUT2D eigenvalue weighted by Crippen LogP contribution is 2.26. The number of carboxylic acid groups (broad SMARTS) is 1. The van der Waals surface area contributed by atoms with E-state index in [2.05, 4.69) is 5.32 Å². The molecule has 0 radical (unpaired) electrons. The number of nitrogens with one attached hydrogen (secondary N) is 1. The first-order valence-electron chi connectivity index (χ1n) is 7.90. The van der Waals surface area contributed by atoms with Crippen molar-refractivity contribution in [2.45, 2.75) is 38.1 Å². The van der Waals surface area contributed by atoms with Crippen LogP contribution in [-0.2, 0) is 9.59 Å². The predicted molar refractivity (Wildman–Crippen MR) is 84.6 cm³/mol. The molecule has 0 bridgehead atoms. The molecule has 0 aliphatic heterocycles. The van der Waals surface area contributed by atoms with E-state index in [9.17, 15) is 14.7 Å². The van der Waals surface area contributed by atoms with Crippen LogP contribution in [0.15, 0.2) is 24.3 Å². The molecule has 23 heavy (non-hydrogen) atoms. The van der Waals surface area contributed by atoms with Gasteiger partial charge in [0.2, 0.25) is 0 Å². The molecule has 0 aromatic heterocycles. The Bertz CT molecular complexity index is 546. The molecule has 1 fully saturated rings.